The van der Waals surface area contributed by atoms with Crippen molar-refractivity contribution in [2.24, 2.45) is 0 Å². The van der Waals surface area contributed by atoms with Crippen molar-refractivity contribution < 1.29 is 28.4 Å². The third-order valence-corrected chi connectivity index (χ3v) is 12.1. The molecule has 0 N–H and O–H groups in total. The van der Waals surface area contributed by atoms with Crippen LogP contribution < -0.4 is 28.4 Å². The highest BCUT2D eigenvalue weighted by molar-refractivity contribution is 7.19. The van der Waals surface area contributed by atoms with Crippen LogP contribution in [0.4, 0.5) is 0 Å². The molecule has 0 aliphatic rings. The first-order valence-corrected chi connectivity index (χ1v) is 23.6. The van der Waals surface area contributed by atoms with Gasteiger partial charge in [0.05, 0.1) is 39.6 Å². The Morgan fingerprint density at radius 1 is 0.310 bits per heavy atom. The topological polar surface area (TPSA) is 55.4 Å². The van der Waals surface area contributed by atoms with Crippen LogP contribution >= 0.6 is 22.7 Å². The van der Waals surface area contributed by atoms with Crippen LogP contribution in [-0.2, 0) is 0 Å². The zero-order valence-corrected chi connectivity index (χ0v) is 37.6. The second-order valence-corrected chi connectivity index (χ2v) is 16.9. The molecule has 0 radical (unpaired) electrons. The largest absolute Gasteiger partial charge is 0.494 e. The van der Waals surface area contributed by atoms with E-state index in [2.05, 4.69) is 102 Å². The van der Waals surface area contributed by atoms with E-state index in [-0.39, 0.29) is 0 Å². The molecule has 0 atom stereocenters. The van der Waals surface area contributed by atoms with Gasteiger partial charge >= 0.3 is 0 Å². The molecule has 3 aromatic carbocycles. The minimum atomic E-state index is 0.642. The summed E-state index contributed by atoms with van der Waals surface area (Å²) < 4.78 is 38.3. The van der Waals surface area contributed by atoms with Gasteiger partial charge in [0.1, 0.15) is 34.5 Å². The Labute approximate surface area is 356 Å². The molecular weight excluding hydrogens is 761 g/mol. The molecule has 0 aliphatic heterocycles. The van der Waals surface area contributed by atoms with Gasteiger partial charge in [-0.05, 0) is 111 Å². The SMILES string of the molecule is CCCCOc1ccc(OCCCC)c(-c2ccc(-c3cc(OCCCC)c(-c4ccc(-c5cc(OCCCC)ccc5OCCCC)s4)cc3OCCCC)s2)c1. The Kier molecular flexibility index (Phi) is 19.1. The van der Waals surface area contributed by atoms with Crippen molar-refractivity contribution in [3.05, 3.63) is 72.8 Å². The van der Waals surface area contributed by atoms with Gasteiger partial charge in [-0.25, -0.2) is 0 Å². The van der Waals surface area contributed by atoms with Crippen LogP contribution in [0.3, 0.4) is 0 Å². The van der Waals surface area contributed by atoms with E-state index in [9.17, 15) is 0 Å². The van der Waals surface area contributed by atoms with Crippen molar-refractivity contribution >= 4 is 22.7 Å². The summed E-state index contributed by atoms with van der Waals surface area (Å²) in [4.78, 5) is 4.48. The summed E-state index contributed by atoms with van der Waals surface area (Å²) in [6.07, 6.45) is 12.5. The van der Waals surface area contributed by atoms with E-state index in [1.807, 2.05) is 12.1 Å². The summed E-state index contributed by atoms with van der Waals surface area (Å²) in [7, 11) is 0. The molecule has 0 spiro atoms. The van der Waals surface area contributed by atoms with E-state index in [4.69, 9.17) is 28.4 Å². The van der Waals surface area contributed by atoms with Crippen molar-refractivity contribution in [2.75, 3.05) is 39.6 Å². The zero-order valence-electron chi connectivity index (χ0n) is 35.9. The number of ether oxygens (including phenoxy) is 6. The van der Waals surface area contributed by atoms with E-state index in [0.717, 1.165) is 153 Å². The predicted molar refractivity (Wildman–Crippen MR) is 246 cm³/mol. The Morgan fingerprint density at radius 3 is 0.897 bits per heavy atom. The van der Waals surface area contributed by atoms with Crippen molar-refractivity contribution in [3.63, 3.8) is 0 Å². The van der Waals surface area contributed by atoms with Crippen molar-refractivity contribution in [1.82, 2.24) is 0 Å². The Hall–Kier alpha value is -4.14. The highest BCUT2D eigenvalue weighted by atomic mass is 32.1. The first-order chi connectivity index (χ1) is 28.5. The highest BCUT2D eigenvalue weighted by Gasteiger charge is 2.21. The maximum Gasteiger partial charge on any atom is 0.128 e. The first-order valence-electron chi connectivity index (χ1n) is 22.0. The number of hydrogen-bond acceptors (Lipinski definition) is 8. The van der Waals surface area contributed by atoms with Gasteiger partial charge in [-0.3, -0.25) is 0 Å². The summed E-state index contributed by atoms with van der Waals surface area (Å²) in [6, 6.07) is 25.7. The van der Waals surface area contributed by atoms with Gasteiger partial charge in [0.25, 0.3) is 0 Å². The van der Waals surface area contributed by atoms with Crippen molar-refractivity contribution in [2.45, 2.75) is 119 Å². The Bertz CT molecular complexity index is 1800. The average Bonchev–Trinajstić information content (AvgIpc) is 3.94. The summed E-state index contributed by atoms with van der Waals surface area (Å²) in [5.74, 6) is 5.22. The molecule has 0 saturated heterocycles. The molecule has 0 unspecified atom stereocenters. The number of unbranched alkanes of at least 4 members (excludes halogenated alkanes) is 6. The zero-order chi connectivity index (χ0) is 41.0. The van der Waals surface area contributed by atoms with Crippen LogP contribution in [0.2, 0.25) is 0 Å². The molecule has 314 valence electrons. The normalized spacial score (nSPS) is 11.1. The van der Waals surface area contributed by atoms with Gasteiger partial charge in [0.2, 0.25) is 0 Å². The molecule has 0 aliphatic carbocycles. The van der Waals surface area contributed by atoms with Gasteiger partial charge in [-0.1, -0.05) is 80.1 Å². The minimum absolute atomic E-state index is 0.642. The van der Waals surface area contributed by atoms with E-state index in [0.29, 0.717) is 39.6 Å². The Morgan fingerprint density at radius 2 is 0.586 bits per heavy atom. The maximum absolute atomic E-state index is 6.66. The first kappa shape index (κ1) is 45.0. The van der Waals surface area contributed by atoms with E-state index < -0.39 is 0 Å². The third-order valence-electron chi connectivity index (χ3n) is 9.81. The van der Waals surface area contributed by atoms with Crippen LogP contribution in [0.5, 0.6) is 34.5 Å². The van der Waals surface area contributed by atoms with Crippen molar-refractivity contribution in [3.8, 4) is 76.3 Å². The average molecular weight is 827 g/mol. The highest BCUT2D eigenvalue weighted by Crippen LogP contribution is 2.49. The molecule has 0 saturated carbocycles. The van der Waals surface area contributed by atoms with E-state index in [1.165, 1.54) is 0 Å². The van der Waals surface area contributed by atoms with Crippen LogP contribution in [0.25, 0.3) is 41.8 Å². The van der Waals surface area contributed by atoms with Gasteiger partial charge in [0, 0.05) is 41.8 Å². The lowest BCUT2D eigenvalue weighted by molar-refractivity contribution is 0.302. The van der Waals surface area contributed by atoms with Gasteiger partial charge < -0.3 is 28.4 Å². The second kappa shape index (κ2) is 24.7. The summed E-state index contributed by atoms with van der Waals surface area (Å²) >= 11 is 3.49. The standard InChI is InChI=1S/C50H66O6S2/c1-7-13-27-51-37-19-21-43(53-29-15-9-3)39(33-37)47-23-25-49(57-47)41-35-46(56-32-18-12-6)42(36-45(41)55-31-17-11-5)50-26-24-48(58-50)40-34-38(52-28-14-8-2)20-22-44(40)54-30-16-10-4/h19-26,33-36H,7-18,27-32H2,1-6H3. The van der Waals surface area contributed by atoms with Crippen LogP contribution in [-0.4, -0.2) is 39.6 Å². The number of benzene rings is 3. The Balaban J connectivity index is 1.56. The summed E-state index contributed by atoms with van der Waals surface area (Å²) in [5, 5.41) is 0. The minimum Gasteiger partial charge on any atom is -0.494 e. The van der Waals surface area contributed by atoms with Crippen LogP contribution in [0.15, 0.2) is 72.8 Å². The predicted octanol–water partition coefficient (Wildman–Crippen LogP) is 15.6. The molecule has 8 heteroatoms. The van der Waals surface area contributed by atoms with Gasteiger partial charge in [0.15, 0.2) is 0 Å². The lowest BCUT2D eigenvalue weighted by atomic mass is 10.1. The lowest BCUT2D eigenvalue weighted by Gasteiger charge is -2.17. The molecule has 5 aromatic rings. The molecule has 0 fully saturated rings. The van der Waals surface area contributed by atoms with E-state index >= 15 is 0 Å². The molecule has 2 aromatic heterocycles. The van der Waals surface area contributed by atoms with Gasteiger partial charge in [-0.2, -0.15) is 0 Å². The van der Waals surface area contributed by atoms with Crippen molar-refractivity contribution in [1.29, 1.82) is 0 Å². The molecular formula is C50H66O6S2. The molecule has 6 nitrogen and oxygen atoms in total. The van der Waals surface area contributed by atoms with E-state index in [1.54, 1.807) is 22.7 Å². The monoisotopic (exact) mass is 826 g/mol. The number of thiophene rings is 2. The van der Waals surface area contributed by atoms with Gasteiger partial charge in [-0.15, -0.1) is 22.7 Å². The summed E-state index contributed by atoms with van der Waals surface area (Å²) in [5.41, 5.74) is 4.17. The molecule has 0 amide bonds. The summed E-state index contributed by atoms with van der Waals surface area (Å²) in [6.45, 7) is 17.2. The fraction of sp³-hybridized carbons (Fsp3) is 0.480. The maximum atomic E-state index is 6.66. The number of rotatable bonds is 28. The second-order valence-electron chi connectivity index (χ2n) is 14.7. The quantitative estimate of drug-likeness (QED) is 0.0468. The van der Waals surface area contributed by atoms with Crippen LogP contribution in [0, 0.1) is 0 Å². The molecule has 58 heavy (non-hydrogen) atoms. The molecule has 2 heterocycles. The number of hydrogen-bond donors (Lipinski definition) is 0. The fourth-order valence-electron chi connectivity index (χ4n) is 6.25. The smallest absolute Gasteiger partial charge is 0.128 e. The molecule has 0 bridgehead atoms. The third kappa shape index (κ3) is 12.9. The fourth-order valence-corrected chi connectivity index (χ4v) is 8.34. The van der Waals surface area contributed by atoms with Crippen LogP contribution in [0.1, 0.15) is 119 Å². The molecule has 5 rings (SSSR count). The lowest BCUT2D eigenvalue weighted by Crippen LogP contribution is -2.02.